The second kappa shape index (κ2) is 2.02. The number of nitrogens with two attached hydrogens (primary N) is 1. The summed E-state index contributed by atoms with van der Waals surface area (Å²) in [5.74, 6) is -0.0555. The molecular weight excluding hydrogens is 142 g/mol. The van der Waals surface area contributed by atoms with Crippen molar-refractivity contribution in [1.29, 1.82) is 0 Å². The zero-order valence-electron chi connectivity index (χ0n) is 5.82. The van der Waals surface area contributed by atoms with Crippen LogP contribution in [0.1, 0.15) is 6.42 Å². The van der Waals surface area contributed by atoms with Gasteiger partial charge >= 0.3 is 0 Å². The molecule has 0 saturated heterocycles. The van der Waals surface area contributed by atoms with Crippen LogP contribution in [-0.4, -0.2) is 18.0 Å². The van der Waals surface area contributed by atoms with Gasteiger partial charge in [0.2, 0.25) is 0 Å². The Hall–Kier alpha value is -1.45. The SMILES string of the molecule is NC1=NC(=O)C2CC=NC2=C1. The number of hydrogen-bond donors (Lipinski definition) is 1. The maximum atomic E-state index is 11.1. The zero-order chi connectivity index (χ0) is 7.84. The molecule has 0 aromatic heterocycles. The van der Waals surface area contributed by atoms with Crippen molar-refractivity contribution in [2.45, 2.75) is 6.42 Å². The van der Waals surface area contributed by atoms with Gasteiger partial charge in [0.25, 0.3) is 5.91 Å². The van der Waals surface area contributed by atoms with Crippen molar-refractivity contribution in [3.8, 4) is 0 Å². The fourth-order valence-electron chi connectivity index (χ4n) is 1.23. The monoisotopic (exact) mass is 149 g/mol. The van der Waals surface area contributed by atoms with Crippen LogP contribution in [0.5, 0.6) is 0 Å². The van der Waals surface area contributed by atoms with Crippen molar-refractivity contribution in [1.82, 2.24) is 0 Å². The number of dihydropyridines is 1. The van der Waals surface area contributed by atoms with Crippen molar-refractivity contribution >= 4 is 18.0 Å². The van der Waals surface area contributed by atoms with Crippen LogP contribution in [0.4, 0.5) is 0 Å². The van der Waals surface area contributed by atoms with Gasteiger partial charge in [-0.25, -0.2) is 0 Å². The van der Waals surface area contributed by atoms with E-state index in [-0.39, 0.29) is 17.7 Å². The van der Waals surface area contributed by atoms with Crippen molar-refractivity contribution in [3.63, 3.8) is 0 Å². The number of carbonyl (C=O) groups is 1. The second-order valence-electron chi connectivity index (χ2n) is 2.54. The quantitative estimate of drug-likeness (QED) is 0.520. The highest BCUT2D eigenvalue weighted by Crippen LogP contribution is 2.25. The molecule has 0 bridgehead atoms. The summed E-state index contributed by atoms with van der Waals surface area (Å²) in [4.78, 5) is 18.7. The van der Waals surface area contributed by atoms with Crippen molar-refractivity contribution in [2.24, 2.45) is 21.6 Å². The van der Waals surface area contributed by atoms with Crippen molar-refractivity contribution < 1.29 is 4.79 Å². The Kier molecular flexibility index (Phi) is 1.15. The molecule has 0 aliphatic carbocycles. The third-order valence-electron chi connectivity index (χ3n) is 1.77. The first-order chi connectivity index (χ1) is 5.27. The molecule has 11 heavy (non-hydrogen) atoms. The van der Waals surface area contributed by atoms with Gasteiger partial charge in [0.05, 0.1) is 11.6 Å². The highest BCUT2D eigenvalue weighted by Gasteiger charge is 2.28. The van der Waals surface area contributed by atoms with E-state index in [0.717, 1.165) is 5.70 Å². The normalized spacial score (nSPS) is 28.0. The third-order valence-corrected chi connectivity index (χ3v) is 1.77. The smallest absolute Gasteiger partial charge is 0.257 e. The van der Waals surface area contributed by atoms with E-state index in [1.54, 1.807) is 12.3 Å². The van der Waals surface area contributed by atoms with E-state index in [0.29, 0.717) is 6.42 Å². The summed E-state index contributed by atoms with van der Waals surface area (Å²) in [6.07, 6.45) is 4.04. The molecule has 2 aliphatic rings. The van der Waals surface area contributed by atoms with E-state index >= 15 is 0 Å². The predicted octanol–water partition coefficient (Wildman–Crippen LogP) is -0.142. The topological polar surface area (TPSA) is 67.8 Å². The lowest BCUT2D eigenvalue weighted by atomic mass is 10.0. The number of amides is 1. The molecule has 4 nitrogen and oxygen atoms in total. The Labute approximate surface area is 63.5 Å². The molecule has 1 amide bonds. The van der Waals surface area contributed by atoms with Crippen LogP contribution < -0.4 is 5.73 Å². The van der Waals surface area contributed by atoms with Crippen LogP contribution in [0.25, 0.3) is 0 Å². The highest BCUT2D eigenvalue weighted by molar-refractivity contribution is 6.06. The predicted molar refractivity (Wildman–Crippen MR) is 41.3 cm³/mol. The molecule has 56 valence electrons. The molecule has 0 aromatic rings. The van der Waals surface area contributed by atoms with E-state index in [1.165, 1.54) is 0 Å². The molecule has 2 heterocycles. The number of carbonyl (C=O) groups excluding carboxylic acids is 1. The Bertz CT molecular complexity index is 301. The van der Waals surface area contributed by atoms with Gasteiger partial charge in [0, 0.05) is 18.7 Å². The largest absolute Gasteiger partial charge is 0.384 e. The van der Waals surface area contributed by atoms with Crippen LogP contribution in [-0.2, 0) is 4.79 Å². The van der Waals surface area contributed by atoms with Crippen LogP contribution in [0.15, 0.2) is 21.8 Å². The molecule has 4 heteroatoms. The molecular formula is C7H7N3O. The van der Waals surface area contributed by atoms with E-state index in [9.17, 15) is 4.79 Å². The lowest BCUT2D eigenvalue weighted by Gasteiger charge is -2.10. The molecule has 0 spiro atoms. The molecule has 0 radical (unpaired) electrons. The fraction of sp³-hybridized carbons (Fsp3) is 0.286. The lowest BCUT2D eigenvalue weighted by Crippen LogP contribution is -2.22. The Morgan fingerprint density at radius 3 is 3.27 bits per heavy atom. The Morgan fingerprint density at radius 1 is 1.64 bits per heavy atom. The van der Waals surface area contributed by atoms with Gasteiger partial charge in [-0.05, 0) is 0 Å². The fourth-order valence-corrected chi connectivity index (χ4v) is 1.23. The van der Waals surface area contributed by atoms with E-state index < -0.39 is 0 Å². The molecule has 1 atom stereocenters. The van der Waals surface area contributed by atoms with Crippen LogP contribution in [0.2, 0.25) is 0 Å². The van der Waals surface area contributed by atoms with E-state index in [1.807, 2.05) is 0 Å². The summed E-state index contributed by atoms with van der Waals surface area (Å²) < 4.78 is 0. The van der Waals surface area contributed by atoms with Crippen LogP contribution in [0, 0.1) is 5.92 Å². The highest BCUT2D eigenvalue weighted by atomic mass is 16.1. The Morgan fingerprint density at radius 2 is 2.45 bits per heavy atom. The minimum atomic E-state index is -0.169. The molecule has 2 aliphatic heterocycles. The molecule has 0 fully saturated rings. The van der Waals surface area contributed by atoms with Crippen molar-refractivity contribution in [3.05, 3.63) is 11.8 Å². The van der Waals surface area contributed by atoms with Crippen molar-refractivity contribution in [2.75, 3.05) is 0 Å². The number of nitrogens with zero attached hydrogens (tertiary/aromatic N) is 2. The van der Waals surface area contributed by atoms with Gasteiger partial charge in [-0.2, -0.15) is 4.99 Å². The maximum Gasteiger partial charge on any atom is 0.257 e. The molecule has 2 rings (SSSR count). The van der Waals surface area contributed by atoms with Gasteiger partial charge in [-0.1, -0.05) is 0 Å². The summed E-state index contributed by atoms with van der Waals surface area (Å²) >= 11 is 0. The average Bonchev–Trinajstić information content (AvgIpc) is 2.34. The number of rotatable bonds is 0. The van der Waals surface area contributed by atoms with Gasteiger partial charge in [0.15, 0.2) is 0 Å². The van der Waals surface area contributed by atoms with E-state index in [4.69, 9.17) is 5.73 Å². The number of aliphatic imine (C=N–C) groups is 2. The number of fused-ring (bicyclic) bond motifs is 1. The maximum absolute atomic E-state index is 11.1. The second-order valence-corrected chi connectivity index (χ2v) is 2.54. The third kappa shape index (κ3) is 0.869. The standard InChI is InChI=1S/C7H7N3O/c8-6-3-5-4(1-2-9-5)7(11)10-6/h2-4H,1H2,(H2,8,10,11). The van der Waals surface area contributed by atoms with Gasteiger partial charge in [-0.15, -0.1) is 0 Å². The summed E-state index contributed by atoms with van der Waals surface area (Å²) in [5.41, 5.74) is 6.11. The molecule has 0 aromatic carbocycles. The first-order valence-corrected chi connectivity index (χ1v) is 3.39. The van der Waals surface area contributed by atoms with Gasteiger partial charge < -0.3 is 5.73 Å². The summed E-state index contributed by atoms with van der Waals surface area (Å²) in [6.45, 7) is 0. The molecule has 2 N–H and O–H groups in total. The number of amidine groups is 1. The van der Waals surface area contributed by atoms with E-state index in [2.05, 4.69) is 9.98 Å². The summed E-state index contributed by atoms with van der Waals surface area (Å²) in [7, 11) is 0. The van der Waals surface area contributed by atoms with Gasteiger partial charge in [0.1, 0.15) is 5.84 Å². The first-order valence-electron chi connectivity index (χ1n) is 3.39. The summed E-state index contributed by atoms with van der Waals surface area (Å²) in [6, 6.07) is 0. The van der Waals surface area contributed by atoms with Crippen LogP contribution >= 0.6 is 0 Å². The summed E-state index contributed by atoms with van der Waals surface area (Å²) in [5, 5.41) is 0. The van der Waals surface area contributed by atoms with Crippen LogP contribution in [0.3, 0.4) is 0 Å². The molecule has 0 saturated carbocycles. The zero-order valence-corrected chi connectivity index (χ0v) is 5.82. The minimum Gasteiger partial charge on any atom is -0.384 e. The van der Waals surface area contributed by atoms with Gasteiger partial charge in [-0.3, -0.25) is 9.79 Å². The first kappa shape index (κ1) is 6.27. The number of hydrogen-bond acceptors (Lipinski definition) is 3. The average molecular weight is 149 g/mol. The molecule has 1 unspecified atom stereocenters. The lowest BCUT2D eigenvalue weighted by molar-refractivity contribution is -0.120. The Balaban J connectivity index is 2.42. The minimum absolute atomic E-state index is 0.151.